The summed E-state index contributed by atoms with van der Waals surface area (Å²) in [6.45, 7) is 1.71. The summed E-state index contributed by atoms with van der Waals surface area (Å²) in [6, 6.07) is 17.6. The summed E-state index contributed by atoms with van der Waals surface area (Å²) in [7, 11) is 3.17. The summed E-state index contributed by atoms with van der Waals surface area (Å²) >= 11 is 0. The van der Waals surface area contributed by atoms with Gasteiger partial charge >= 0.3 is 0 Å². The minimum absolute atomic E-state index is 0.0561. The lowest BCUT2D eigenvalue weighted by atomic mass is 9.73. The summed E-state index contributed by atoms with van der Waals surface area (Å²) in [5, 5.41) is 3.87. The van der Waals surface area contributed by atoms with Gasteiger partial charge in [0.15, 0.2) is 11.5 Å². The van der Waals surface area contributed by atoms with Crippen LogP contribution in [0.25, 0.3) is 10.9 Å². The van der Waals surface area contributed by atoms with Crippen LogP contribution in [0, 0.1) is 5.41 Å². The quantitative estimate of drug-likeness (QED) is 0.367. The van der Waals surface area contributed by atoms with E-state index in [4.69, 9.17) is 20.2 Å². The number of pyridine rings is 1. The lowest BCUT2D eigenvalue weighted by molar-refractivity contribution is -0.132. The average Bonchev–Trinajstić information content (AvgIpc) is 2.96. The molecule has 1 fully saturated rings. The predicted octanol–water partition coefficient (Wildman–Crippen LogP) is 3.77. The molecule has 196 valence electrons. The molecule has 0 atom stereocenters. The van der Waals surface area contributed by atoms with E-state index in [1.807, 2.05) is 36.4 Å². The molecule has 0 aliphatic carbocycles. The first-order chi connectivity index (χ1) is 18.5. The molecule has 1 aliphatic rings. The molecule has 9 heteroatoms. The molecule has 1 aliphatic heterocycles. The van der Waals surface area contributed by atoms with E-state index in [0.717, 1.165) is 11.1 Å². The minimum atomic E-state index is -0.543. The van der Waals surface area contributed by atoms with Crippen LogP contribution < -0.4 is 25.4 Å². The number of anilines is 2. The highest BCUT2D eigenvalue weighted by atomic mass is 16.5. The Hall–Kier alpha value is -4.40. The van der Waals surface area contributed by atoms with Crippen LogP contribution in [0.4, 0.5) is 11.8 Å². The Bertz CT molecular complexity index is 1410. The fourth-order valence-electron chi connectivity index (χ4n) is 5.09. The molecular formula is C29H32N6O3. The molecule has 1 amide bonds. The van der Waals surface area contributed by atoms with Crippen molar-refractivity contribution >= 4 is 28.6 Å². The number of nitrogens with two attached hydrogens (primary N) is 1. The molecule has 38 heavy (non-hydrogen) atoms. The van der Waals surface area contributed by atoms with E-state index in [2.05, 4.69) is 32.3 Å². The van der Waals surface area contributed by atoms with Crippen LogP contribution in [0.3, 0.4) is 0 Å². The van der Waals surface area contributed by atoms with E-state index in [-0.39, 0.29) is 5.91 Å². The number of methoxy groups -OCH3 is 2. The van der Waals surface area contributed by atoms with Crippen molar-refractivity contribution in [2.24, 2.45) is 5.41 Å². The number of nitrogens with one attached hydrogen (secondary N) is 1. The molecule has 4 aromatic rings. The van der Waals surface area contributed by atoms with Crippen LogP contribution in [-0.4, -0.2) is 48.2 Å². The summed E-state index contributed by atoms with van der Waals surface area (Å²) < 4.78 is 10.8. The van der Waals surface area contributed by atoms with Gasteiger partial charge < -0.3 is 25.4 Å². The fraction of sp³-hybridized carbons (Fsp3) is 0.310. The second-order valence-electron chi connectivity index (χ2n) is 9.61. The fourth-order valence-corrected chi connectivity index (χ4v) is 5.09. The number of fused-ring (bicyclic) bond motifs is 1. The molecule has 0 radical (unpaired) electrons. The summed E-state index contributed by atoms with van der Waals surface area (Å²) in [6.07, 6.45) is 5.49. The number of hydrogen-bond donors (Lipinski definition) is 2. The van der Waals surface area contributed by atoms with Gasteiger partial charge in [-0.25, -0.2) is 4.98 Å². The Labute approximate surface area is 222 Å². The van der Waals surface area contributed by atoms with Crippen LogP contribution in [0.1, 0.15) is 24.0 Å². The lowest BCUT2D eigenvalue weighted by Crippen LogP contribution is -2.50. The van der Waals surface area contributed by atoms with Crippen molar-refractivity contribution in [2.75, 3.05) is 37.9 Å². The number of nitrogen functional groups attached to an aromatic ring is 1. The molecule has 0 saturated carbocycles. The zero-order valence-corrected chi connectivity index (χ0v) is 21.7. The molecular weight excluding hydrogens is 480 g/mol. The highest BCUT2D eigenvalue weighted by Gasteiger charge is 2.42. The highest BCUT2D eigenvalue weighted by molar-refractivity contribution is 5.92. The largest absolute Gasteiger partial charge is 0.493 e. The maximum absolute atomic E-state index is 13.7. The maximum atomic E-state index is 13.7. The molecule has 2 aromatic carbocycles. The van der Waals surface area contributed by atoms with E-state index < -0.39 is 5.41 Å². The number of piperidine rings is 1. The number of amides is 1. The smallest absolute Gasteiger partial charge is 0.227 e. The molecule has 3 heterocycles. The number of nitrogens with zero attached hydrogens (tertiary/aromatic N) is 4. The molecule has 3 N–H and O–H groups in total. The van der Waals surface area contributed by atoms with Crippen molar-refractivity contribution in [2.45, 2.75) is 25.8 Å². The Morgan fingerprint density at radius 2 is 1.71 bits per heavy atom. The monoisotopic (exact) mass is 512 g/mol. The molecule has 0 bridgehead atoms. The lowest BCUT2D eigenvalue weighted by Gasteiger charge is -2.41. The second kappa shape index (κ2) is 10.9. The first kappa shape index (κ1) is 25.3. The number of aromatic nitrogens is 3. The number of benzene rings is 2. The molecule has 9 nitrogen and oxygen atoms in total. The highest BCUT2D eigenvalue weighted by Crippen LogP contribution is 2.38. The van der Waals surface area contributed by atoms with Crippen molar-refractivity contribution in [3.05, 3.63) is 78.1 Å². The number of carbonyl (C=O) groups excluding carboxylic acids is 1. The van der Waals surface area contributed by atoms with Crippen LogP contribution in [-0.2, 0) is 17.8 Å². The first-order valence-corrected chi connectivity index (χ1v) is 12.7. The van der Waals surface area contributed by atoms with Gasteiger partial charge in [-0.05, 0) is 42.5 Å². The SMILES string of the molecule is COc1cc2nc(N3CCC(Cc4ccccc4)(C(=O)NCc4cccnc4)CC3)nc(N)c2cc1OC. The third kappa shape index (κ3) is 5.18. The number of hydrogen-bond acceptors (Lipinski definition) is 8. The van der Waals surface area contributed by atoms with Crippen molar-refractivity contribution in [3.8, 4) is 11.5 Å². The van der Waals surface area contributed by atoms with Gasteiger partial charge in [-0.1, -0.05) is 36.4 Å². The van der Waals surface area contributed by atoms with E-state index in [0.29, 0.717) is 73.1 Å². The van der Waals surface area contributed by atoms with Crippen LogP contribution in [0.2, 0.25) is 0 Å². The topological polar surface area (TPSA) is 115 Å². The first-order valence-electron chi connectivity index (χ1n) is 12.7. The van der Waals surface area contributed by atoms with Gasteiger partial charge in [0.05, 0.1) is 25.2 Å². The van der Waals surface area contributed by atoms with Crippen LogP contribution in [0.5, 0.6) is 11.5 Å². The number of carbonyl (C=O) groups is 1. The van der Waals surface area contributed by atoms with Crippen molar-refractivity contribution < 1.29 is 14.3 Å². The number of ether oxygens (including phenoxy) is 2. The second-order valence-corrected chi connectivity index (χ2v) is 9.61. The zero-order chi connectivity index (χ0) is 26.5. The van der Waals surface area contributed by atoms with E-state index in [9.17, 15) is 4.79 Å². The zero-order valence-electron chi connectivity index (χ0n) is 21.7. The standard InChI is InChI=1S/C29H32N6O3/c1-37-24-15-22-23(16-25(24)38-2)33-28(34-26(22)30)35-13-10-29(11-14-35,17-20-7-4-3-5-8-20)27(36)32-19-21-9-6-12-31-18-21/h3-9,12,15-16,18H,10-11,13-14,17,19H2,1-2H3,(H,32,36)(H2,30,33,34). The van der Waals surface area contributed by atoms with E-state index in [1.54, 1.807) is 32.7 Å². The van der Waals surface area contributed by atoms with Crippen molar-refractivity contribution in [3.63, 3.8) is 0 Å². The minimum Gasteiger partial charge on any atom is -0.493 e. The Morgan fingerprint density at radius 3 is 2.39 bits per heavy atom. The predicted molar refractivity (Wildman–Crippen MR) is 147 cm³/mol. The summed E-state index contributed by atoms with van der Waals surface area (Å²) in [4.78, 5) is 29.3. The molecule has 2 aromatic heterocycles. The van der Waals surface area contributed by atoms with E-state index in [1.165, 1.54) is 0 Å². The third-order valence-electron chi connectivity index (χ3n) is 7.26. The van der Waals surface area contributed by atoms with Crippen LogP contribution >= 0.6 is 0 Å². The van der Waals surface area contributed by atoms with Gasteiger partial charge in [-0.3, -0.25) is 9.78 Å². The van der Waals surface area contributed by atoms with Gasteiger partial charge in [-0.2, -0.15) is 4.98 Å². The van der Waals surface area contributed by atoms with Crippen LogP contribution in [0.15, 0.2) is 67.0 Å². The molecule has 0 spiro atoms. The van der Waals surface area contributed by atoms with Gasteiger partial charge in [0, 0.05) is 43.5 Å². The van der Waals surface area contributed by atoms with Crippen molar-refractivity contribution in [1.82, 2.24) is 20.3 Å². The van der Waals surface area contributed by atoms with Crippen molar-refractivity contribution in [1.29, 1.82) is 0 Å². The molecule has 0 unspecified atom stereocenters. The summed E-state index contributed by atoms with van der Waals surface area (Å²) in [5.74, 6) is 2.13. The Morgan fingerprint density at radius 1 is 1.00 bits per heavy atom. The average molecular weight is 513 g/mol. The van der Waals surface area contributed by atoms with Gasteiger partial charge in [0.25, 0.3) is 0 Å². The number of rotatable bonds is 8. The normalized spacial score (nSPS) is 14.7. The van der Waals surface area contributed by atoms with E-state index >= 15 is 0 Å². The van der Waals surface area contributed by atoms with Gasteiger partial charge in [0.1, 0.15) is 5.82 Å². The van der Waals surface area contributed by atoms with Gasteiger partial charge in [-0.15, -0.1) is 0 Å². The Kier molecular flexibility index (Phi) is 7.26. The summed E-state index contributed by atoms with van der Waals surface area (Å²) in [5.41, 5.74) is 8.59. The van der Waals surface area contributed by atoms with Gasteiger partial charge in [0.2, 0.25) is 11.9 Å². The molecule has 5 rings (SSSR count). The Balaban J connectivity index is 1.38. The molecule has 1 saturated heterocycles. The maximum Gasteiger partial charge on any atom is 0.227 e. The third-order valence-corrected chi connectivity index (χ3v) is 7.26.